The standard InChI is InChI=1S/C10H11F5OSi/c1-17(2,3)16-4-5-6(11)8(13)10(15)9(14)7(5)12/h4H2,1-3H3. The van der Waals surface area contributed by atoms with Crippen molar-refractivity contribution >= 4 is 8.32 Å². The van der Waals surface area contributed by atoms with Crippen LogP contribution in [-0.4, -0.2) is 8.32 Å². The van der Waals surface area contributed by atoms with E-state index in [4.69, 9.17) is 4.43 Å². The zero-order valence-corrected chi connectivity index (χ0v) is 10.5. The summed E-state index contributed by atoms with van der Waals surface area (Å²) in [6.07, 6.45) is 0. The second-order valence-electron chi connectivity index (χ2n) is 4.45. The molecule has 0 heterocycles. The van der Waals surface area contributed by atoms with E-state index in [0.717, 1.165) is 0 Å². The van der Waals surface area contributed by atoms with Gasteiger partial charge in [0.25, 0.3) is 0 Å². The first kappa shape index (κ1) is 14.1. The van der Waals surface area contributed by atoms with E-state index in [-0.39, 0.29) is 0 Å². The summed E-state index contributed by atoms with van der Waals surface area (Å²) in [5.41, 5.74) is -0.927. The van der Waals surface area contributed by atoms with Crippen LogP contribution in [0.4, 0.5) is 22.0 Å². The van der Waals surface area contributed by atoms with Crippen molar-refractivity contribution in [1.82, 2.24) is 0 Å². The van der Waals surface area contributed by atoms with Crippen molar-refractivity contribution in [3.05, 3.63) is 34.6 Å². The molecule has 0 aromatic heterocycles. The highest BCUT2D eigenvalue weighted by molar-refractivity contribution is 6.69. The van der Waals surface area contributed by atoms with Crippen molar-refractivity contribution in [2.45, 2.75) is 26.2 Å². The average Bonchev–Trinajstić information content (AvgIpc) is 2.22. The van der Waals surface area contributed by atoms with Crippen molar-refractivity contribution in [2.75, 3.05) is 0 Å². The molecule has 0 fully saturated rings. The van der Waals surface area contributed by atoms with Gasteiger partial charge < -0.3 is 4.43 Å². The van der Waals surface area contributed by atoms with Crippen LogP contribution >= 0.6 is 0 Å². The first-order valence-corrected chi connectivity index (χ1v) is 8.20. The molecule has 1 aromatic carbocycles. The molecule has 0 aliphatic heterocycles. The summed E-state index contributed by atoms with van der Waals surface area (Å²) < 4.78 is 69.9. The monoisotopic (exact) mass is 270 g/mol. The second-order valence-corrected chi connectivity index (χ2v) is 8.96. The van der Waals surface area contributed by atoms with Crippen molar-refractivity contribution in [1.29, 1.82) is 0 Å². The van der Waals surface area contributed by atoms with Gasteiger partial charge in [-0.2, -0.15) is 0 Å². The van der Waals surface area contributed by atoms with Gasteiger partial charge >= 0.3 is 0 Å². The third-order valence-electron chi connectivity index (χ3n) is 1.95. The molecule has 0 unspecified atom stereocenters. The largest absolute Gasteiger partial charge is 0.413 e. The smallest absolute Gasteiger partial charge is 0.200 e. The predicted molar refractivity (Wildman–Crippen MR) is 54.4 cm³/mol. The van der Waals surface area contributed by atoms with Crippen LogP contribution in [-0.2, 0) is 11.0 Å². The summed E-state index contributed by atoms with van der Waals surface area (Å²) >= 11 is 0. The molecule has 0 aliphatic carbocycles. The normalized spacial score (nSPS) is 12.0. The topological polar surface area (TPSA) is 9.23 Å². The molecule has 0 amide bonds. The molecular weight excluding hydrogens is 259 g/mol. The minimum absolute atomic E-state index is 0.624. The Labute approximate surface area is 96.3 Å². The van der Waals surface area contributed by atoms with Crippen LogP contribution in [0.2, 0.25) is 19.6 Å². The lowest BCUT2D eigenvalue weighted by atomic mass is 10.2. The summed E-state index contributed by atoms with van der Waals surface area (Å²) in [6.45, 7) is 4.58. The minimum atomic E-state index is -2.16. The number of hydrogen-bond acceptors (Lipinski definition) is 1. The molecule has 1 aromatic rings. The Kier molecular flexibility index (Phi) is 3.93. The highest BCUT2D eigenvalue weighted by atomic mass is 28.4. The minimum Gasteiger partial charge on any atom is -0.413 e. The van der Waals surface area contributed by atoms with Crippen molar-refractivity contribution < 1.29 is 26.4 Å². The maximum Gasteiger partial charge on any atom is 0.200 e. The van der Waals surface area contributed by atoms with Gasteiger partial charge in [0.1, 0.15) is 0 Å². The van der Waals surface area contributed by atoms with Crippen LogP contribution < -0.4 is 0 Å². The van der Waals surface area contributed by atoms with Gasteiger partial charge in [0.15, 0.2) is 31.6 Å². The number of benzene rings is 1. The highest BCUT2D eigenvalue weighted by Crippen LogP contribution is 2.24. The lowest BCUT2D eigenvalue weighted by Crippen LogP contribution is -2.25. The SMILES string of the molecule is C[Si](C)(C)OCc1c(F)c(F)c(F)c(F)c1F. The third-order valence-corrected chi connectivity index (χ3v) is 2.96. The zero-order chi connectivity index (χ0) is 13.4. The fourth-order valence-corrected chi connectivity index (χ4v) is 1.64. The van der Waals surface area contributed by atoms with Gasteiger partial charge in [0.2, 0.25) is 5.82 Å². The van der Waals surface area contributed by atoms with Crippen LogP contribution in [0, 0.1) is 29.1 Å². The lowest BCUT2D eigenvalue weighted by molar-refractivity contribution is 0.273. The second kappa shape index (κ2) is 4.73. The van der Waals surface area contributed by atoms with Gasteiger partial charge in [-0.05, 0) is 19.6 Å². The van der Waals surface area contributed by atoms with Crippen molar-refractivity contribution in [3.63, 3.8) is 0 Å². The molecule has 17 heavy (non-hydrogen) atoms. The van der Waals surface area contributed by atoms with E-state index in [2.05, 4.69) is 0 Å². The summed E-state index contributed by atoms with van der Waals surface area (Å²) in [5, 5.41) is 0. The summed E-state index contributed by atoms with van der Waals surface area (Å²) in [5.74, 6) is -9.72. The fourth-order valence-electron chi connectivity index (χ4n) is 1.07. The Bertz CT molecular complexity index is 412. The van der Waals surface area contributed by atoms with Crippen molar-refractivity contribution in [3.8, 4) is 0 Å². The Morgan fingerprint density at radius 2 is 1.12 bits per heavy atom. The molecule has 7 heteroatoms. The first-order valence-electron chi connectivity index (χ1n) is 4.79. The fraction of sp³-hybridized carbons (Fsp3) is 0.400. The van der Waals surface area contributed by atoms with Gasteiger partial charge in [-0.25, -0.2) is 22.0 Å². The zero-order valence-electron chi connectivity index (χ0n) is 9.51. The van der Waals surface area contributed by atoms with Gasteiger partial charge in [-0.3, -0.25) is 0 Å². The maximum atomic E-state index is 13.2. The molecule has 0 atom stereocenters. The van der Waals surface area contributed by atoms with Crippen LogP contribution in [0.25, 0.3) is 0 Å². The van der Waals surface area contributed by atoms with Crippen molar-refractivity contribution in [2.24, 2.45) is 0 Å². The molecule has 96 valence electrons. The van der Waals surface area contributed by atoms with E-state index < -0.39 is 49.6 Å². The van der Waals surface area contributed by atoms with Crippen LogP contribution in [0.3, 0.4) is 0 Å². The van der Waals surface area contributed by atoms with Gasteiger partial charge in [-0.1, -0.05) is 0 Å². The Morgan fingerprint density at radius 3 is 1.47 bits per heavy atom. The van der Waals surface area contributed by atoms with E-state index in [9.17, 15) is 22.0 Å². The lowest BCUT2D eigenvalue weighted by Gasteiger charge is -2.18. The quantitative estimate of drug-likeness (QED) is 0.352. The predicted octanol–water partition coefficient (Wildman–Crippen LogP) is 3.73. The van der Waals surface area contributed by atoms with Gasteiger partial charge in [0, 0.05) is 0 Å². The number of rotatable bonds is 3. The van der Waals surface area contributed by atoms with Gasteiger partial charge in [-0.15, -0.1) is 0 Å². The average molecular weight is 270 g/mol. The highest BCUT2D eigenvalue weighted by Gasteiger charge is 2.26. The Hall–Kier alpha value is -0.953. The third kappa shape index (κ3) is 3.04. The van der Waals surface area contributed by atoms with E-state index in [1.165, 1.54) is 0 Å². The number of hydrogen-bond donors (Lipinski definition) is 0. The molecule has 0 spiro atoms. The summed E-state index contributed by atoms with van der Waals surface area (Å²) in [7, 11) is -2.11. The molecule has 1 rings (SSSR count). The van der Waals surface area contributed by atoms with E-state index in [1.54, 1.807) is 19.6 Å². The molecule has 0 saturated carbocycles. The van der Waals surface area contributed by atoms with Crippen LogP contribution in [0.1, 0.15) is 5.56 Å². The number of halogens is 5. The molecule has 1 nitrogen and oxygen atoms in total. The van der Waals surface area contributed by atoms with Crippen LogP contribution in [0.15, 0.2) is 0 Å². The molecule has 0 bridgehead atoms. The molecule has 0 radical (unpaired) electrons. The Balaban J connectivity index is 3.16. The van der Waals surface area contributed by atoms with Crippen LogP contribution in [0.5, 0.6) is 0 Å². The maximum absolute atomic E-state index is 13.2. The molecule has 0 saturated heterocycles. The molecule has 0 aliphatic rings. The molecular formula is C10H11F5OSi. The summed E-state index contributed by atoms with van der Waals surface area (Å²) in [4.78, 5) is 0. The Morgan fingerprint density at radius 1 is 0.765 bits per heavy atom. The van der Waals surface area contributed by atoms with Gasteiger partial charge in [0.05, 0.1) is 12.2 Å². The molecule has 0 N–H and O–H groups in total. The van der Waals surface area contributed by atoms with E-state index in [1.807, 2.05) is 0 Å². The first-order chi connectivity index (χ1) is 7.65. The van der Waals surface area contributed by atoms with E-state index in [0.29, 0.717) is 0 Å². The van der Waals surface area contributed by atoms with E-state index >= 15 is 0 Å². The summed E-state index contributed by atoms with van der Waals surface area (Å²) in [6, 6.07) is 0.